The molecule has 1 aliphatic heterocycles. The van der Waals surface area contributed by atoms with Crippen molar-refractivity contribution in [3.8, 4) is 0 Å². The fourth-order valence-corrected chi connectivity index (χ4v) is 2.85. The van der Waals surface area contributed by atoms with E-state index in [1.165, 1.54) is 24.8 Å². The summed E-state index contributed by atoms with van der Waals surface area (Å²) in [6, 6.07) is 7.98. The van der Waals surface area contributed by atoms with Crippen molar-refractivity contribution in [1.82, 2.24) is 4.90 Å². The Morgan fingerprint density at radius 1 is 1.15 bits per heavy atom. The maximum absolute atomic E-state index is 12.0. The highest BCUT2D eigenvalue weighted by Gasteiger charge is 2.22. The Labute approximate surface area is 167 Å². The van der Waals surface area contributed by atoms with Gasteiger partial charge in [-0.15, -0.1) is 13.2 Å². The van der Waals surface area contributed by atoms with Crippen LogP contribution in [0.25, 0.3) is 5.70 Å². The van der Waals surface area contributed by atoms with Crippen LogP contribution in [0.15, 0.2) is 44.0 Å². The molecule has 27 heavy (non-hydrogen) atoms. The minimum absolute atomic E-state index is 0.120. The second-order valence-corrected chi connectivity index (χ2v) is 8.55. The molecule has 0 aromatic heterocycles. The Hall–Kier alpha value is -2.03. The molecular weight excluding hydrogens is 332 g/mol. The minimum Gasteiger partial charge on any atom is -0.399 e. The first-order chi connectivity index (χ1) is 12.6. The van der Waals surface area contributed by atoms with Crippen molar-refractivity contribution in [3.63, 3.8) is 0 Å². The van der Waals surface area contributed by atoms with Crippen molar-refractivity contribution in [3.05, 3.63) is 55.1 Å². The SMILES string of the molecule is C=C.C=C(N)c1ccc(C)cc1.C[C@@H]1CCCN(C(=O)CC(C)(C)C)CC1. The van der Waals surface area contributed by atoms with Crippen molar-refractivity contribution >= 4 is 11.6 Å². The maximum atomic E-state index is 12.0. The molecule has 0 unspecified atom stereocenters. The molecule has 0 saturated carbocycles. The number of likely N-dealkylation sites (tertiary alicyclic amines) is 1. The molecule has 1 aliphatic rings. The summed E-state index contributed by atoms with van der Waals surface area (Å²) in [7, 11) is 0. The Kier molecular flexibility index (Phi) is 11.4. The predicted octanol–water partition coefficient (Wildman–Crippen LogP) is 5.80. The number of nitrogens with zero attached hydrogens (tertiary/aromatic N) is 1. The van der Waals surface area contributed by atoms with Gasteiger partial charge in [-0.05, 0) is 43.1 Å². The van der Waals surface area contributed by atoms with Gasteiger partial charge in [0.1, 0.15) is 0 Å². The van der Waals surface area contributed by atoms with Gasteiger partial charge in [0.05, 0.1) is 0 Å². The summed E-state index contributed by atoms with van der Waals surface area (Å²) in [6.07, 6.45) is 4.31. The molecule has 3 nitrogen and oxygen atoms in total. The lowest BCUT2D eigenvalue weighted by atomic mass is 9.91. The monoisotopic (exact) mass is 372 g/mol. The smallest absolute Gasteiger partial charge is 0.223 e. The first-order valence-electron chi connectivity index (χ1n) is 9.87. The number of aryl methyl sites for hydroxylation is 1. The van der Waals surface area contributed by atoms with E-state index in [0.29, 0.717) is 18.0 Å². The van der Waals surface area contributed by atoms with E-state index < -0.39 is 0 Å². The fourth-order valence-electron chi connectivity index (χ4n) is 2.85. The van der Waals surface area contributed by atoms with Crippen LogP contribution in [-0.2, 0) is 4.79 Å². The zero-order valence-electron chi connectivity index (χ0n) is 18.2. The molecule has 1 atom stereocenters. The second kappa shape index (κ2) is 12.4. The topological polar surface area (TPSA) is 46.3 Å². The summed E-state index contributed by atoms with van der Waals surface area (Å²) in [5.41, 5.74) is 8.46. The average Bonchev–Trinajstić information content (AvgIpc) is 2.81. The zero-order valence-corrected chi connectivity index (χ0v) is 18.2. The molecule has 0 aliphatic carbocycles. The molecule has 0 spiro atoms. The predicted molar refractivity (Wildman–Crippen MR) is 119 cm³/mol. The summed E-state index contributed by atoms with van der Waals surface area (Å²) in [6.45, 7) is 22.3. The quantitative estimate of drug-likeness (QED) is 0.667. The molecule has 1 heterocycles. The Morgan fingerprint density at radius 3 is 2.19 bits per heavy atom. The van der Waals surface area contributed by atoms with Crippen LogP contribution in [-0.4, -0.2) is 23.9 Å². The number of benzene rings is 1. The van der Waals surface area contributed by atoms with Crippen LogP contribution in [0, 0.1) is 18.3 Å². The molecule has 2 N–H and O–H groups in total. The summed E-state index contributed by atoms with van der Waals surface area (Å²) in [5, 5.41) is 0. The van der Waals surface area contributed by atoms with Crippen molar-refractivity contribution < 1.29 is 4.79 Å². The van der Waals surface area contributed by atoms with E-state index in [0.717, 1.165) is 24.6 Å². The lowest BCUT2D eigenvalue weighted by Gasteiger charge is -2.25. The molecule has 1 aromatic rings. The van der Waals surface area contributed by atoms with Gasteiger partial charge in [0.25, 0.3) is 0 Å². The van der Waals surface area contributed by atoms with E-state index in [1.807, 2.05) is 31.2 Å². The van der Waals surface area contributed by atoms with Crippen LogP contribution in [0.1, 0.15) is 64.5 Å². The highest BCUT2D eigenvalue weighted by molar-refractivity contribution is 5.76. The minimum atomic E-state index is 0.120. The van der Waals surface area contributed by atoms with E-state index in [2.05, 4.69) is 52.3 Å². The van der Waals surface area contributed by atoms with Crippen molar-refractivity contribution in [1.29, 1.82) is 0 Å². The summed E-state index contributed by atoms with van der Waals surface area (Å²) >= 11 is 0. The highest BCUT2D eigenvalue weighted by Crippen LogP contribution is 2.22. The van der Waals surface area contributed by atoms with Gasteiger partial charge in [-0.3, -0.25) is 4.79 Å². The highest BCUT2D eigenvalue weighted by atomic mass is 16.2. The number of rotatable bonds is 2. The lowest BCUT2D eigenvalue weighted by molar-refractivity contribution is -0.133. The summed E-state index contributed by atoms with van der Waals surface area (Å²) in [4.78, 5) is 14.1. The van der Waals surface area contributed by atoms with Crippen LogP contribution in [0.3, 0.4) is 0 Å². The third-order valence-corrected chi connectivity index (χ3v) is 4.47. The normalized spacial score (nSPS) is 16.8. The average molecular weight is 373 g/mol. The van der Waals surface area contributed by atoms with E-state index in [-0.39, 0.29) is 5.41 Å². The third-order valence-electron chi connectivity index (χ3n) is 4.47. The molecule has 0 bridgehead atoms. The molecule has 1 saturated heterocycles. The van der Waals surface area contributed by atoms with Crippen molar-refractivity contribution in [2.75, 3.05) is 13.1 Å². The molecule has 3 heteroatoms. The Balaban J connectivity index is 0.000000488. The van der Waals surface area contributed by atoms with Gasteiger partial charge in [0.15, 0.2) is 0 Å². The van der Waals surface area contributed by atoms with Crippen molar-refractivity contribution in [2.24, 2.45) is 17.1 Å². The van der Waals surface area contributed by atoms with Crippen LogP contribution < -0.4 is 5.73 Å². The van der Waals surface area contributed by atoms with Crippen LogP contribution >= 0.6 is 0 Å². The summed E-state index contributed by atoms with van der Waals surface area (Å²) in [5.74, 6) is 1.13. The van der Waals surface area contributed by atoms with Gasteiger partial charge in [-0.25, -0.2) is 0 Å². The van der Waals surface area contributed by atoms with Gasteiger partial charge < -0.3 is 10.6 Å². The number of hydrogen-bond acceptors (Lipinski definition) is 2. The third kappa shape index (κ3) is 11.3. The fraction of sp³-hybridized carbons (Fsp3) is 0.542. The second-order valence-electron chi connectivity index (χ2n) is 8.55. The van der Waals surface area contributed by atoms with E-state index in [4.69, 9.17) is 5.73 Å². The molecule has 2 rings (SSSR count). The first kappa shape index (κ1) is 25.0. The zero-order chi connectivity index (χ0) is 21.0. The lowest BCUT2D eigenvalue weighted by Crippen LogP contribution is -2.34. The van der Waals surface area contributed by atoms with Gasteiger partial charge in [0.2, 0.25) is 5.91 Å². The van der Waals surface area contributed by atoms with E-state index in [9.17, 15) is 4.79 Å². The van der Waals surface area contributed by atoms with Gasteiger partial charge >= 0.3 is 0 Å². The largest absolute Gasteiger partial charge is 0.399 e. The van der Waals surface area contributed by atoms with Gasteiger partial charge in [-0.2, -0.15) is 0 Å². The number of amides is 1. The molecule has 1 fully saturated rings. The number of carbonyl (C=O) groups excluding carboxylic acids is 1. The van der Waals surface area contributed by atoms with E-state index in [1.54, 1.807) is 0 Å². The Morgan fingerprint density at radius 2 is 1.70 bits per heavy atom. The molecule has 1 aromatic carbocycles. The molecule has 0 radical (unpaired) electrons. The maximum Gasteiger partial charge on any atom is 0.223 e. The van der Waals surface area contributed by atoms with Crippen LogP contribution in [0.5, 0.6) is 0 Å². The number of nitrogens with two attached hydrogens (primary N) is 1. The van der Waals surface area contributed by atoms with Crippen molar-refractivity contribution in [2.45, 2.75) is 60.3 Å². The van der Waals surface area contributed by atoms with Crippen LogP contribution in [0.2, 0.25) is 0 Å². The van der Waals surface area contributed by atoms with Gasteiger partial charge in [-0.1, -0.05) is 64.1 Å². The number of hydrogen-bond donors (Lipinski definition) is 1. The van der Waals surface area contributed by atoms with Crippen LogP contribution in [0.4, 0.5) is 0 Å². The molecular formula is C24H40N2O. The molecule has 152 valence electrons. The summed E-state index contributed by atoms with van der Waals surface area (Å²) < 4.78 is 0. The number of carbonyl (C=O) groups is 1. The molecule has 1 amide bonds. The Bertz CT molecular complexity index is 569. The first-order valence-corrected chi connectivity index (χ1v) is 9.87. The van der Waals surface area contributed by atoms with Gasteiger partial charge in [0, 0.05) is 25.2 Å². The van der Waals surface area contributed by atoms with E-state index >= 15 is 0 Å². The standard InChI is InChI=1S/C13H25NO.C9H11N.C2H4/c1-11-6-5-8-14(9-7-11)12(15)10-13(2,3)4;1-7-3-5-9(6-4-7)8(2)10;1-2/h11H,5-10H2,1-4H3;3-6H,2,10H2,1H3;1-2H2/t11-;;/m1../s1.